The Morgan fingerprint density at radius 2 is 1.96 bits per heavy atom. The fraction of sp³-hybridized carbons (Fsp3) is 0.438. The van der Waals surface area contributed by atoms with Crippen LogP contribution in [0, 0.1) is 0 Å². The first-order valence-corrected chi connectivity index (χ1v) is 9.25. The van der Waals surface area contributed by atoms with Crippen molar-refractivity contribution in [3.05, 3.63) is 42.0 Å². The Hall–Kier alpha value is -1.90. The van der Waals surface area contributed by atoms with Gasteiger partial charge in [-0.05, 0) is 31.2 Å². The maximum atomic E-state index is 12.9. The van der Waals surface area contributed by atoms with Gasteiger partial charge in [-0.3, -0.25) is 0 Å². The summed E-state index contributed by atoms with van der Waals surface area (Å²) >= 11 is 0. The van der Waals surface area contributed by atoms with E-state index >= 15 is 0 Å². The van der Waals surface area contributed by atoms with E-state index in [4.69, 9.17) is 9.47 Å². The molecule has 0 N–H and O–H groups in total. The van der Waals surface area contributed by atoms with E-state index in [1.807, 2.05) is 11.5 Å². The van der Waals surface area contributed by atoms with Crippen LogP contribution in [0.25, 0.3) is 0 Å². The molecule has 130 valence electrons. The second kappa shape index (κ2) is 6.92. The van der Waals surface area contributed by atoms with Gasteiger partial charge in [0, 0.05) is 19.7 Å². The molecule has 1 aliphatic rings. The predicted molar refractivity (Wildman–Crippen MR) is 88.1 cm³/mol. The van der Waals surface area contributed by atoms with Crippen molar-refractivity contribution in [2.24, 2.45) is 0 Å². The number of methoxy groups -OCH3 is 1. The summed E-state index contributed by atoms with van der Waals surface area (Å²) in [6.07, 6.45) is 1.75. The first-order valence-electron chi connectivity index (χ1n) is 7.81. The summed E-state index contributed by atoms with van der Waals surface area (Å²) in [7, 11) is -2.00. The van der Waals surface area contributed by atoms with Gasteiger partial charge >= 0.3 is 0 Å². The number of hydrogen-bond acceptors (Lipinski definition) is 5. The Balaban J connectivity index is 1.84. The molecule has 2 aromatic rings. The van der Waals surface area contributed by atoms with E-state index in [-0.39, 0.29) is 4.90 Å². The molecule has 0 fully saturated rings. The van der Waals surface area contributed by atoms with Crippen LogP contribution >= 0.6 is 0 Å². The van der Waals surface area contributed by atoms with Gasteiger partial charge in [-0.1, -0.05) is 0 Å². The minimum Gasteiger partial charge on any atom is -0.497 e. The van der Waals surface area contributed by atoms with E-state index in [1.165, 1.54) is 4.31 Å². The summed E-state index contributed by atoms with van der Waals surface area (Å²) in [5.41, 5.74) is 1.69. The summed E-state index contributed by atoms with van der Waals surface area (Å²) in [5, 5.41) is 0. The van der Waals surface area contributed by atoms with Gasteiger partial charge in [0.25, 0.3) is 0 Å². The number of fused-ring (bicyclic) bond motifs is 1. The number of benzene rings is 1. The molecular weight excluding hydrogens is 330 g/mol. The first-order chi connectivity index (χ1) is 11.6. The van der Waals surface area contributed by atoms with E-state index in [2.05, 4.69) is 4.98 Å². The van der Waals surface area contributed by atoms with E-state index in [0.717, 1.165) is 11.4 Å². The fourth-order valence-corrected chi connectivity index (χ4v) is 4.10. The average molecular weight is 351 g/mol. The Kier molecular flexibility index (Phi) is 4.88. The molecule has 0 spiro atoms. The van der Waals surface area contributed by atoms with Gasteiger partial charge in [0.05, 0.1) is 42.9 Å². The number of rotatable bonds is 6. The molecule has 1 aliphatic heterocycles. The van der Waals surface area contributed by atoms with E-state index in [0.29, 0.717) is 38.6 Å². The van der Waals surface area contributed by atoms with Gasteiger partial charge in [0.15, 0.2) is 0 Å². The Morgan fingerprint density at radius 1 is 1.21 bits per heavy atom. The Labute approximate surface area is 141 Å². The highest BCUT2D eigenvalue weighted by Gasteiger charge is 2.30. The molecular formula is C16H21N3O4S. The lowest BCUT2D eigenvalue weighted by Gasteiger charge is -2.28. The first kappa shape index (κ1) is 16.9. The Bertz CT molecular complexity index is 799. The molecule has 0 bridgehead atoms. The van der Waals surface area contributed by atoms with Gasteiger partial charge in [-0.2, -0.15) is 4.31 Å². The molecule has 1 aromatic carbocycles. The summed E-state index contributed by atoms with van der Waals surface area (Å²) < 4.78 is 39.7. The van der Waals surface area contributed by atoms with E-state index in [1.54, 1.807) is 37.7 Å². The highest BCUT2D eigenvalue weighted by Crippen LogP contribution is 2.25. The van der Waals surface area contributed by atoms with Crippen LogP contribution in [-0.4, -0.2) is 42.5 Å². The largest absolute Gasteiger partial charge is 0.497 e. The van der Waals surface area contributed by atoms with Crippen LogP contribution < -0.4 is 4.74 Å². The van der Waals surface area contributed by atoms with Crippen molar-refractivity contribution in [1.29, 1.82) is 0 Å². The maximum Gasteiger partial charge on any atom is 0.243 e. The molecule has 7 nitrogen and oxygen atoms in total. The molecule has 24 heavy (non-hydrogen) atoms. The zero-order chi connectivity index (χ0) is 17.2. The Morgan fingerprint density at radius 3 is 2.62 bits per heavy atom. The van der Waals surface area contributed by atoms with Crippen molar-refractivity contribution in [2.75, 3.05) is 20.3 Å². The van der Waals surface area contributed by atoms with Gasteiger partial charge in [0.2, 0.25) is 10.0 Å². The molecule has 0 radical (unpaired) electrons. The second-order valence-electron chi connectivity index (χ2n) is 5.48. The third-order valence-corrected chi connectivity index (χ3v) is 5.95. The topological polar surface area (TPSA) is 73.7 Å². The number of sulfonamides is 1. The predicted octanol–water partition coefficient (Wildman–Crippen LogP) is 1.63. The van der Waals surface area contributed by atoms with Crippen LogP contribution in [0.4, 0.5) is 0 Å². The standard InChI is InChI=1S/C16H21N3O4S/c1-3-23-11-15-16-10-19(9-8-18(16)12-17-15)24(20,21)14-6-4-13(22-2)5-7-14/h4-7,12H,3,8-11H2,1-2H3. The lowest BCUT2D eigenvalue weighted by atomic mass is 10.3. The molecule has 3 rings (SSSR count). The monoisotopic (exact) mass is 351 g/mol. The van der Waals surface area contributed by atoms with Gasteiger partial charge in [0.1, 0.15) is 5.75 Å². The van der Waals surface area contributed by atoms with Crippen LogP contribution in [0.1, 0.15) is 18.3 Å². The molecule has 0 aliphatic carbocycles. The molecule has 0 amide bonds. The summed E-state index contributed by atoms with van der Waals surface area (Å²) in [6.45, 7) is 4.23. The van der Waals surface area contributed by atoms with Gasteiger partial charge in [-0.15, -0.1) is 0 Å². The van der Waals surface area contributed by atoms with Crippen LogP contribution in [0.3, 0.4) is 0 Å². The minimum atomic E-state index is -3.55. The molecule has 0 atom stereocenters. The maximum absolute atomic E-state index is 12.9. The summed E-state index contributed by atoms with van der Waals surface area (Å²) in [6, 6.07) is 6.45. The SMILES string of the molecule is CCOCc1ncn2c1CN(S(=O)(=O)c1ccc(OC)cc1)CC2. The van der Waals surface area contributed by atoms with Crippen molar-refractivity contribution < 1.29 is 17.9 Å². The van der Waals surface area contributed by atoms with Crippen LogP contribution in [0.5, 0.6) is 5.75 Å². The highest BCUT2D eigenvalue weighted by atomic mass is 32.2. The molecule has 2 heterocycles. The van der Waals surface area contributed by atoms with Crippen molar-refractivity contribution in [3.8, 4) is 5.75 Å². The van der Waals surface area contributed by atoms with Crippen molar-refractivity contribution in [3.63, 3.8) is 0 Å². The number of imidazole rings is 1. The van der Waals surface area contributed by atoms with Crippen molar-refractivity contribution >= 4 is 10.0 Å². The number of ether oxygens (including phenoxy) is 2. The summed E-state index contributed by atoms with van der Waals surface area (Å²) in [4.78, 5) is 4.61. The van der Waals surface area contributed by atoms with Crippen LogP contribution in [0.2, 0.25) is 0 Å². The van der Waals surface area contributed by atoms with Crippen molar-refractivity contribution in [2.45, 2.75) is 31.5 Å². The number of aromatic nitrogens is 2. The van der Waals surface area contributed by atoms with Crippen LogP contribution in [0.15, 0.2) is 35.5 Å². The third kappa shape index (κ3) is 3.17. The third-order valence-electron chi connectivity index (χ3n) is 4.09. The molecule has 0 saturated heterocycles. The quantitative estimate of drug-likeness (QED) is 0.791. The number of hydrogen-bond donors (Lipinski definition) is 0. The minimum absolute atomic E-state index is 0.266. The number of nitrogens with zero attached hydrogens (tertiary/aromatic N) is 3. The van der Waals surface area contributed by atoms with E-state index in [9.17, 15) is 8.42 Å². The van der Waals surface area contributed by atoms with Crippen molar-refractivity contribution in [1.82, 2.24) is 13.9 Å². The van der Waals surface area contributed by atoms with Gasteiger partial charge in [-0.25, -0.2) is 13.4 Å². The average Bonchev–Trinajstić information content (AvgIpc) is 3.02. The van der Waals surface area contributed by atoms with Crippen LogP contribution in [-0.2, 0) is 34.5 Å². The normalized spacial score (nSPS) is 15.2. The molecule has 8 heteroatoms. The smallest absolute Gasteiger partial charge is 0.243 e. The summed E-state index contributed by atoms with van der Waals surface area (Å²) in [5.74, 6) is 0.629. The van der Waals surface area contributed by atoms with Gasteiger partial charge < -0.3 is 14.0 Å². The zero-order valence-corrected chi connectivity index (χ0v) is 14.6. The lowest BCUT2D eigenvalue weighted by molar-refractivity contribution is 0.130. The highest BCUT2D eigenvalue weighted by molar-refractivity contribution is 7.89. The lowest BCUT2D eigenvalue weighted by Crippen LogP contribution is -2.38. The molecule has 0 saturated carbocycles. The fourth-order valence-electron chi connectivity index (χ4n) is 2.71. The molecule has 1 aromatic heterocycles. The zero-order valence-electron chi connectivity index (χ0n) is 13.8. The van der Waals surface area contributed by atoms with E-state index < -0.39 is 10.0 Å². The second-order valence-corrected chi connectivity index (χ2v) is 7.42. The molecule has 0 unspecified atom stereocenters.